The minimum atomic E-state index is -3.56. The zero-order valence-electron chi connectivity index (χ0n) is 13.2. The van der Waals surface area contributed by atoms with E-state index in [1.54, 1.807) is 13.1 Å². The summed E-state index contributed by atoms with van der Waals surface area (Å²) < 4.78 is 32.2. The van der Waals surface area contributed by atoms with Crippen LogP contribution in [0.3, 0.4) is 0 Å². The Kier molecular flexibility index (Phi) is 5.61. The number of fused-ring (bicyclic) bond motifs is 1. The Balaban J connectivity index is 0.00000192. The zero-order chi connectivity index (χ0) is 15.7. The van der Waals surface area contributed by atoms with E-state index >= 15 is 0 Å². The maximum Gasteiger partial charge on any atom is 0.258 e. The molecule has 0 spiro atoms. The van der Waals surface area contributed by atoms with Gasteiger partial charge in [-0.1, -0.05) is 12.1 Å². The molecule has 0 aromatic carbocycles. The molecule has 9 heteroatoms. The molecule has 0 aliphatic carbocycles. The molecule has 2 aromatic rings. The van der Waals surface area contributed by atoms with Crippen molar-refractivity contribution in [3.05, 3.63) is 18.0 Å². The van der Waals surface area contributed by atoms with E-state index in [1.807, 2.05) is 6.92 Å². The fraction of sp³-hybridized carbons (Fsp3) is 0.571. The van der Waals surface area contributed by atoms with E-state index in [-0.39, 0.29) is 23.3 Å². The smallest absolute Gasteiger partial charge is 0.258 e. The summed E-state index contributed by atoms with van der Waals surface area (Å²) in [4.78, 5) is 4.29. The molecule has 1 saturated heterocycles. The third kappa shape index (κ3) is 3.35. The van der Waals surface area contributed by atoms with Gasteiger partial charge in [0.15, 0.2) is 0 Å². The van der Waals surface area contributed by atoms with Gasteiger partial charge in [0.05, 0.1) is 17.3 Å². The highest BCUT2D eigenvalue weighted by molar-refractivity contribution is 7.89. The van der Waals surface area contributed by atoms with Crippen LogP contribution in [0.25, 0.3) is 11.1 Å². The molecule has 1 N–H and O–H groups in total. The molecule has 3 heterocycles. The lowest BCUT2D eigenvalue weighted by Gasteiger charge is -2.30. The number of aryl methyl sites for hydroxylation is 1. The van der Waals surface area contributed by atoms with Crippen molar-refractivity contribution in [2.45, 2.75) is 37.1 Å². The van der Waals surface area contributed by atoms with E-state index < -0.39 is 10.0 Å². The summed E-state index contributed by atoms with van der Waals surface area (Å²) in [5.74, 6) is 0. The second-order valence-electron chi connectivity index (χ2n) is 5.51. The molecule has 7 nitrogen and oxygen atoms in total. The molecule has 1 aliphatic rings. The quantitative estimate of drug-likeness (QED) is 0.890. The van der Waals surface area contributed by atoms with Gasteiger partial charge in [-0.25, -0.2) is 13.4 Å². The molecule has 23 heavy (non-hydrogen) atoms. The van der Waals surface area contributed by atoms with Gasteiger partial charge in [0, 0.05) is 13.1 Å². The normalized spacial score (nSPS) is 16.7. The van der Waals surface area contributed by atoms with Crippen molar-refractivity contribution in [1.29, 1.82) is 0 Å². The lowest BCUT2D eigenvalue weighted by Crippen LogP contribution is -2.43. The van der Waals surface area contributed by atoms with Gasteiger partial charge < -0.3 is 9.84 Å². The summed E-state index contributed by atoms with van der Waals surface area (Å²) in [6.45, 7) is 3.63. The van der Waals surface area contributed by atoms with Crippen LogP contribution in [-0.2, 0) is 16.4 Å². The first-order chi connectivity index (χ1) is 10.5. The number of nitrogens with zero attached hydrogens (tertiary/aromatic N) is 3. The Hall–Kier alpha value is -1.22. The minimum absolute atomic E-state index is 0. The molecule has 2 aromatic heterocycles. The molecule has 0 atom stereocenters. The standard InChI is InChI=1S/C14H20N4O3S.ClH/c1-3-13-12-8-11(9-16-14(12)21-17-13)22(19,20)18(2)10-4-6-15-7-5-10;/h8-10,15H,3-7H2,1-2H3;1H. The second-order valence-corrected chi connectivity index (χ2v) is 7.51. The third-order valence-electron chi connectivity index (χ3n) is 4.21. The van der Waals surface area contributed by atoms with Gasteiger partial charge in [-0.05, 0) is 38.4 Å². The Morgan fingerprint density at radius 1 is 1.39 bits per heavy atom. The minimum Gasteiger partial charge on any atom is -0.336 e. The number of rotatable bonds is 4. The summed E-state index contributed by atoms with van der Waals surface area (Å²) in [5.41, 5.74) is 1.10. The molecule has 1 fully saturated rings. The molecular formula is C14H21ClN4O3S. The van der Waals surface area contributed by atoms with E-state index in [0.717, 1.165) is 31.6 Å². The Labute approximate surface area is 141 Å². The van der Waals surface area contributed by atoms with E-state index in [4.69, 9.17) is 4.52 Å². The van der Waals surface area contributed by atoms with E-state index in [2.05, 4.69) is 15.5 Å². The number of nitrogens with one attached hydrogen (secondary N) is 1. The van der Waals surface area contributed by atoms with Crippen molar-refractivity contribution in [3.63, 3.8) is 0 Å². The van der Waals surface area contributed by atoms with Crippen LogP contribution in [0, 0.1) is 0 Å². The molecule has 0 saturated carbocycles. The number of piperidine rings is 1. The van der Waals surface area contributed by atoms with Crippen LogP contribution in [-0.4, -0.2) is 49.0 Å². The predicted molar refractivity (Wildman–Crippen MR) is 89.3 cm³/mol. The number of halogens is 1. The van der Waals surface area contributed by atoms with Crippen LogP contribution >= 0.6 is 12.4 Å². The van der Waals surface area contributed by atoms with Crippen molar-refractivity contribution < 1.29 is 12.9 Å². The first kappa shape index (κ1) is 18.1. The Morgan fingerprint density at radius 2 is 2.09 bits per heavy atom. The number of aromatic nitrogens is 2. The number of hydrogen-bond acceptors (Lipinski definition) is 6. The van der Waals surface area contributed by atoms with Gasteiger partial charge in [0.25, 0.3) is 5.71 Å². The number of pyridine rings is 1. The van der Waals surface area contributed by atoms with Crippen molar-refractivity contribution in [3.8, 4) is 0 Å². The summed E-state index contributed by atoms with van der Waals surface area (Å²) in [5, 5.41) is 7.83. The first-order valence-corrected chi connectivity index (χ1v) is 8.91. The zero-order valence-corrected chi connectivity index (χ0v) is 14.8. The fourth-order valence-corrected chi connectivity index (χ4v) is 4.18. The maximum atomic E-state index is 12.8. The predicted octanol–water partition coefficient (Wildman–Crippen LogP) is 1.58. The van der Waals surface area contributed by atoms with Crippen LogP contribution in [0.5, 0.6) is 0 Å². The van der Waals surface area contributed by atoms with Crippen molar-refractivity contribution in [2.75, 3.05) is 20.1 Å². The number of hydrogen-bond donors (Lipinski definition) is 1. The highest BCUT2D eigenvalue weighted by atomic mass is 35.5. The molecule has 128 valence electrons. The average Bonchev–Trinajstić information content (AvgIpc) is 2.97. The van der Waals surface area contributed by atoms with Crippen LogP contribution in [0.1, 0.15) is 25.5 Å². The molecule has 1 aliphatic heterocycles. The number of sulfonamides is 1. The summed E-state index contributed by atoms with van der Waals surface area (Å²) >= 11 is 0. The van der Waals surface area contributed by atoms with Crippen molar-refractivity contribution in [2.24, 2.45) is 0 Å². The maximum absolute atomic E-state index is 12.8. The van der Waals surface area contributed by atoms with E-state index in [0.29, 0.717) is 17.5 Å². The van der Waals surface area contributed by atoms with Gasteiger partial charge in [-0.15, -0.1) is 12.4 Å². The largest absolute Gasteiger partial charge is 0.336 e. The lowest BCUT2D eigenvalue weighted by molar-refractivity contribution is 0.296. The van der Waals surface area contributed by atoms with Gasteiger partial charge in [0.1, 0.15) is 4.90 Å². The van der Waals surface area contributed by atoms with Crippen molar-refractivity contribution >= 4 is 33.5 Å². The SMILES string of the molecule is CCc1noc2ncc(S(=O)(=O)N(C)C3CCNCC3)cc12.Cl. The second kappa shape index (κ2) is 7.12. The Bertz CT molecular complexity index is 771. The highest BCUT2D eigenvalue weighted by Gasteiger charge is 2.29. The summed E-state index contributed by atoms with van der Waals surface area (Å²) in [7, 11) is -1.92. The van der Waals surface area contributed by atoms with Gasteiger partial charge in [-0.3, -0.25) is 0 Å². The van der Waals surface area contributed by atoms with Gasteiger partial charge in [0.2, 0.25) is 10.0 Å². The average molecular weight is 361 g/mol. The van der Waals surface area contributed by atoms with Crippen LogP contribution in [0.2, 0.25) is 0 Å². The lowest BCUT2D eigenvalue weighted by atomic mass is 10.1. The monoisotopic (exact) mass is 360 g/mol. The highest BCUT2D eigenvalue weighted by Crippen LogP contribution is 2.24. The van der Waals surface area contributed by atoms with Crippen LogP contribution < -0.4 is 5.32 Å². The summed E-state index contributed by atoms with van der Waals surface area (Å²) in [6, 6.07) is 1.64. The van der Waals surface area contributed by atoms with Crippen LogP contribution in [0.4, 0.5) is 0 Å². The first-order valence-electron chi connectivity index (χ1n) is 7.47. The van der Waals surface area contributed by atoms with Crippen LogP contribution in [0.15, 0.2) is 21.7 Å². The van der Waals surface area contributed by atoms with E-state index in [9.17, 15) is 8.42 Å². The van der Waals surface area contributed by atoms with Gasteiger partial charge in [-0.2, -0.15) is 4.31 Å². The molecule has 0 radical (unpaired) electrons. The Morgan fingerprint density at radius 3 is 2.74 bits per heavy atom. The molecule has 0 amide bonds. The molecule has 0 unspecified atom stereocenters. The molecule has 0 bridgehead atoms. The molecular weight excluding hydrogens is 340 g/mol. The topological polar surface area (TPSA) is 88.3 Å². The van der Waals surface area contributed by atoms with Crippen molar-refractivity contribution in [1.82, 2.24) is 19.8 Å². The summed E-state index contributed by atoms with van der Waals surface area (Å²) in [6.07, 6.45) is 3.65. The van der Waals surface area contributed by atoms with Gasteiger partial charge >= 0.3 is 0 Å². The fourth-order valence-electron chi connectivity index (χ4n) is 2.79. The van der Waals surface area contributed by atoms with E-state index in [1.165, 1.54) is 10.5 Å². The molecule has 3 rings (SSSR count). The third-order valence-corrected chi connectivity index (χ3v) is 6.09.